The fraction of sp³-hybridized carbons (Fsp3) is 0.375. The summed E-state index contributed by atoms with van der Waals surface area (Å²) in [5.41, 5.74) is 2.91. The second kappa shape index (κ2) is 6.89. The van der Waals surface area contributed by atoms with E-state index in [4.69, 9.17) is 0 Å². The number of aryl methyl sites for hydroxylation is 2. The molecule has 1 aromatic heterocycles. The van der Waals surface area contributed by atoms with E-state index in [1.54, 1.807) is 10.9 Å². The standard InChI is InChI=1S/C16H20BrN3O/c1-4-14(12-8-6-11(3)7-9-12)19-16(21)15-13(17)10-18-20(15)5-2/h6-10,14H,4-5H2,1-3H3,(H,19,21). The number of carbonyl (C=O) groups is 1. The van der Waals surface area contributed by atoms with Crippen LogP contribution in [-0.4, -0.2) is 15.7 Å². The summed E-state index contributed by atoms with van der Waals surface area (Å²) in [6.45, 7) is 6.75. The van der Waals surface area contributed by atoms with E-state index in [1.807, 2.05) is 6.92 Å². The first-order chi connectivity index (χ1) is 10.1. The average Bonchev–Trinajstić information content (AvgIpc) is 2.86. The first-order valence-electron chi connectivity index (χ1n) is 7.15. The fourth-order valence-corrected chi connectivity index (χ4v) is 2.75. The van der Waals surface area contributed by atoms with Crippen molar-refractivity contribution < 1.29 is 4.79 Å². The van der Waals surface area contributed by atoms with Crippen LogP contribution in [0.15, 0.2) is 34.9 Å². The minimum absolute atomic E-state index is 0.00482. The Bertz CT molecular complexity index is 619. The van der Waals surface area contributed by atoms with Gasteiger partial charge in [-0.25, -0.2) is 0 Å². The van der Waals surface area contributed by atoms with E-state index in [2.05, 4.69) is 64.5 Å². The predicted molar refractivity (Wildman–Crippen MR) is 87.3 cm³/mol. The molecular formula is C16H20BrN3O. The predicted octanol–water partition coefficient (Wildman–Crippen LogP) is 3.86. The molecular weight excluding hydrogens is 330 g/mol. The van der Waals surface area contributed by atoms with Crippen molar-refractivity contribution >= 4 is 21.8 Å². The van der Waals surface area contributed by atoms with Gasteiger partial charge in [-0.2, -0.15) is 5.10 Å². The van der Waals surface area contributed by atoms with Gasteiger partial charge < -0.3 is 5.32 Å². The van der Waals surface area contributed by atoms with Crippen LogP contribution in [-0.2, 0) is 6.54 Å². The van der Waals surface area contributed by atoms with E-state index >= 15 is 0 Å². The lowest BCUT2D eigenvalue weighted by Crippen LogP contribution is -2.30. The molecule has 2 rings (SSSR count). The molecule has 1 heterocycles. The van der Waals surface area contributed by atoms with E-state index in [1.165, 1.54) is 5.56 Å². The van der Waals surface area contributed by atoms with Gasteiger partial charge in [0.25, 0.3) is 5.91 Å². The third-order valence-corrected chi connectivity index (χ3v) is 4.08. The molecule has 1 N–H and O–H groups in total. The average molecular weight is 350 g/mol. The maximum absolute atomic E-state index is 12.5. The maximum atomic E-state index is 12.5. The van der Waals surface area contributed by atoms with Crippen LogP contribution in [0.3, 0.4) is 0 Å². The Labute approximate surface area is 133 Å². The third kappa shape index (κ3) is 3.53. The number of hydrogen-bond donors (Lipinski definition) is 1. The molecule has 0 aliphatic carbocycles. The van der Waals surface area contributed by atoms with Gasteiger partial charge in [0.05, 0.1) is 16.7 Å². The zero-order chi connectivity index (χ0) is 15.4. The van der Waals surface area contributed by atoms with E-state index in [9.17, 15) is 4.79 Å². The Morgan fingerprint density at radius 3 is 2.57 bits per heavy atom. The van der Waals surface area contributed by atoms with Gasteiger partial charge in [-0.3, -0.25) is 9.48 Å². The molecule has 0 spiro atoms. The van der Waals surface area contributed by atoms with Gasteiger partial charge in [-0.1, -0.05) is 36.8 Å². The number of amides is 1. The highest BCUT2D eigenvalue weighted by Crippen LogP contribution is 2.20. The maximum Gasteiger partial charge on any atom is 0.271 e. The summed E-state index contributed by atoms with van der Waals surface area (Å²) in [7, 11) is 0. The summed E-state index contributed by atoms with van der Waals surface area (Å²) in [6.07, 6.45) is 2.50. The van der Waals surface area contributed by atoms with E-state index < -0.39 is 0 Å². The van der Waals surface area contributed by atoms with Crippen LogP contribution >= 0.6 is 15.9 Å². The van der Waals surface area contributed by atoms with Crippen LogP contribution in [0.4, 0.5) is 0 Å². The van der Waals surface area contributed by atoms with Crippen LogP contribution in [0.25, 0.3) is 0 Å². The highest BCUT2D eigenvalue weighted by Gasteiger charge is 2.20. The van der Waals surface area contributed by atoms with Gasteiger partial charge in [0.1, 0.15) is 5.69 Å². The largest absolute Gasteiger partial charge is 0.344 e. The summed E-state index contributed by atoms with van der Waals surface area (Å²) >= 11 is 3.39. The lowest BCUT2D eigenvalue weighted by Gasteiger charge is -2.18. The highest BCUT2D eigenvalue weighted by molar-refractivity contribution is 9.10. The van der Waals surface area contributed by atoms with Crippen molar-refractivity contribution in [2.75, 3.05) is 0 Å². The van der Waals surface area contributed by atoms with Crippen molar-refractivity contribution in [1.82, 2.24) is 15.1 Å². The topological polar surface area (TPSA) is 46.9 Å². The Kier molecular flexibility index (Phi) is 5.17. The van der Waals surface area contributed by atoms with Crippen molar-refractivity contribution in [3.63, 3.8) is 0 Å². The van der Waals surface area contributed by atoms with Crippen molar-refractivity contribution in [3.8, 4) is 0 Å². The van der Waals surface area contributed by atoms with Crippen molar-refractivity contribution in [2.45, 2.75) is 39.8 Å². The molecule has 2 aromatic rings. The minimum Gasteiger partial charge on any atom is -0.344 e. The molecule has 0 fully saturated rings. The second-order valence-corrected chi connectivity index (χ2v) is 5.86. The zero-order valence-electron chi connectivity index (χ0n) is 12.6. The van der Waals surface area contributed by atoms with Gasteiger partial charge in [0, 0.05) is 6.54 Å². The Morgan fingerprint density at radius 1 is 1.33 bits per heavy atom. The highest BCUT2D eigenvalue weighted by atomic mass is 79.9. The monoisotopic (exact) mass is 349 g/mol. The van der Waals surface area contributed by atoms with Crippen LogP contribution in [0.2, 0.25) is 0 Å². The van der Waals surface area contributed by atoms with Crippen LogP contribution in [0.5, 0.6) is 0 Å². The summed E-state index contributed by atoms with van der Waals surface area (Å²) in [4.78, 5) is 12.5. The minimum atomic E-state index is -0.103. The normalized spacial score (nSPS) is 12.2. The summed E-state index contributed by atoms with van der Waals surface area (Å²) in [5.74, 6) is -0.103. The van der Waals surface area contributed by atoms with Gasteiger partial charge in [-0.15, -0.1) is 0 Å². The Balaban J connectivity index is 2.20. The van der Waals surface area contributed by atoms with Crippen molar-refractivity contribution in [1.29, 1.82) is 0 Å². The first kappa shape index (κ1) is 15.8. The molecule has 0 aliphatic rings. The molecule has 0 saturated heterocycles. The fourth-order valence-electron chi connectivity index (χ4n) is 2.27. The Morgan fingerprint density at radius 2 is 2.00 bits per heavy atom. The number of benzene rings is 1. The third-order valence-electron chi connectivity index (χ3n) is 3.50. The molecule has 1 amide bonds. The molecule has 4 nitrogen and oxygen atoms in total. The molecule has 21 heavy (non-hydrogen) atoms. The zero-order valence-corrected chi connectivity index (χ0v) is 14.1. The van der Waals surface area contributed by atoms with E-state index in [-0.39, 0.29) is 11.9 Å². The summed E-state index contributed by atoms with van der Waals surface area (Å²) in [5, 5.41) is 7.27. The SMILES string of the molecule is CCC(NC(=O)c1c(Br)cnn1CC)c1ccc(C)cc1. The summed E-state index contributed by atoms with van der Waals surface area (Å²) < 4.78 is 2.42. The van der Waals surface area contributed by atoms with E-state index in [0.717, 1.165) is 16.5 Å². The Hall–Kier alpha value is -1.62. The number of nitrogens with zero attached hydrogens (tertiary/aromatic N) is 2. The molecule has 0 radical (unpaired) electrons. The van der Waals surface area contributed by atoms with Crippen LogP contribution in [0, 0.1) is 6.92 Å². The second-order valence-electron chi connectivity index (χ2n) is 5.00. The van der Waals surface area contributed by atoms with Gasteiger partial charge >= 0.3 is 0 Å². The molecule has 5 heteroatoms. The smallest absolute Gasteiger partial charge is 0.271 e. The van der Waals surface area contributed by atoms with Crippen molar-refractivity contribution in [2.24, 2.45) is 0 Å². The quantitative estimate of drug-likeness (QED) is 0.890. The lowest BCUT2D eigenvalue weighted by molar-refractivity contribution is 0.0924. The number of carbonyl (C=O) groups excluding carboxylic acids is 1. The molecule has 1 aromatic carbocycles. The lowest BCUT2D eigenvalue weighted by atomic mass is 10.0. The number of halogens is 1. The van der Waals surface area contributed by atoms with Crippen LogP contribution < -0.4 is 5.32 Å². The first-order valence-corrected chi connectivity index (χ1v) is 7.94. The van der Waals surface area contributed by atoms with Crippen molar-refractivity contribution in [3.05, 3.63) is 51.8 Å². The summed E-state index contributed by atoms with van der Waals surface area (Å²) in [6, 6.07) is 8.27. The number of rotatable bonds is 5. The molecule has 0 saturated carbocycles. The number of hydrogen-bond acceptors (Lipinski definition) is 2. The molecule has 0 bridgehead atoms. The van der Waals surface area contributed by atoms with E-state index in [0.29, 0.717) is 12.2 Å². The molecule has 112 valence electrons. The number of nitrogens with one attached hydrogen (secondary N) is 1. The van der Waals surface area contributed by atoms with Gasteiger partial charge in [-0.05, 0) is 41.8 Å². The molecule has 1 unspecified atom stereocenters. The van der Waals surface area contributed by atoms with Gasteiger partial charge in [0.15, 0.2) is 0 Å². The van der Waals surface area contributed by atoms with Crippen LogP contribution in [0.1, 0.15) is 47.9 Å². The molecule has 0 aliphatic heterocycles. The van der Waals surface area contributed by atoms with Gasteiger partial charge in [0.2, 0.25) is 0 Å². The molecule has 1 atom stereocenters. The number of aromatic nitrogens is 2.